The molecular formula is C15H21F3N2O. The second kappa shape index (κ2) is 6.23. The molecule has 1 saturated heterocycles. The first-order valence-electron chi connectivity index (χ1n) is 7.09. The van der Waals surface area contributed by atoms with E-state index in [0.29, 0.717) is 42.9 Å². The van der Waals surface area contributed by atoms with Crippen molar-refractivity contribution in [1.82, 2.24) is 10.2 Å². The fraction of sp³-hybridized carbons (Fsp3) is 0.600. The highest BCUT2D eigenvalue weighted by atomic mass is 19.4. The molecule has 2 rings (SSSR count). The van der Waals surface area contributed by atoms with Crippen LogP contribution >= 0.6 is 0 Å². The van der Waals surface area contributed by atoms with Gasteiger partial charge in [-0.1, -0.05) is 0 Å². The van der Waals surface area contributed by atoms with E-state index in [2.05, 4.69) is 5.32 Å². The second-order valence-electron chi connectivity index (χ2n) is 5.61. The number of alkyl halides is 3. The van der Waals surface area contributed by atoms with Crippen molar-refractivity contribution < 1.29 is 18.3 Å². The van der Waals surface area contributed by atoms with Gasteiger partial charge in [-0.25, -0.2) is 0 Å². The van der Waals surface area contributed by atoms with Crippen LogP contribution in [0.3, 0.4) is 0 Å². The zero-order valence-electron chi connectivity index (χ0n) is 12.3. The van der Waals surface area contributed by atoms with Crippen molar-refractivity contribution in [2.45, 2.75) is 32.5 Å². The second-order valence-corrected chi connectivity index (χ2v) is 5.61. The van der Waals surface area contributed by atoms with Gasteiger partial charge in [0.05, 0.1) is 6.42 Å². The number of phenolic OH excluding ortho intramolecular Hbond substituents is 1. The first-order valence-corrected chi connectivity index (χ1v) is 7.09. The summed E-state index contributed by atoms with van der Waals surface area (Å²) in [6.07, 6.45) is -5.08. The Balaban J connectivity index is 2.39. The van der Waals surface area contributed by atoms with Crippen LogP contribution in [-0.4, -0.2) is 42.4 Å². The first kappa shape index (κ1) is 16.1. The maximum absolute atomic E-state index is 13.0. The van der Waals surface area contributed by atoms with Crippen molar-refractivity contribution in [3.63, 3.8) is 0 Å². The molecule has 1 aliphatic heterocycles. The van der Waals surface area contributed by atoms with Crippen LogP contribution in [0.5, 0.6) is 5.75 Å². The van der Waals surface area contributed by atoms with Gasteiger partial charge in [0.15, 0.2) is 0 Å². The summed E-state index contributed by atoms with van der Waals surface area (Å²) < 4.78 is 39.0. The minimum Gasteiger partial charge on any atom is -0.508 e. The number of phenols is 1. The van der Waals surface area contributed by atoms with E-state index < -0.39 is 18.6 Å². The van der Waals surface area contributed by atoms with Crippen molar-refractivity contribution >= 4 is 0 Å². The molecule has 1 heterocycles. The highest BCUT2D eigenvalue weighted by Crippen LogP contribution is 2.38. The van der Waals surface area contributed by atoms with Crippen molar-refractivity contribution in [1.29, 1.82) is 0 Å². The Kier molecular flexibility index (Phi) is 4.78. The number of nitrogens with zero attached hydrogens (tertiary/aromatic N) is 1. The van der Waals surface area contributed by atoms with Crippen molar-refractivity contribution in [2.24, 2.45) is 0 Å². The van der Waals surface area contributed by atoms with E-state index in [1.54, 1.807) is 13.8 Å². The molecular weight excluding hydrogens is 281 g/mol. The Morgan fingerprint density at radius 1 is 1.19 bits per heavy atom. The molecule has 0 spiro atoms. The van der Waals surface area contributed by atoms with Gasteiger partial charge in [0, 0.05) is 32.2 Å². The number of aromatic hydroxyl groups is 1. The van der Waals surface area contributed by atoms with Gasteiger partial charge in [-0.15, -0.1) is 0 Å². The molecule has 0 unspecified atom stereocenters. The van der Waals surface area contributed by atoms with Gasteiger partial charge in [0.25, 0.3) is 0 Å². The number of nitrogens with one attached hydrogen (secondary N) is 1. The third kappa shape index (κ3) is 4.11. The molecule has 0 aromatic heterocycles. The molecule has 1 aromatic rings. The van der Waals surface area contributed by atoms with Gasteiger partial charge in [-0.05, 0) is 42.7 Å². The van der Waals surface area contributed by atoms with Crippen LogP contribution in [0.2, 0.25) is 0 Å². The monoisotopic (exact) mass is 302 g/mol. The predicted molar refractivity (Wildman–Crippen MR) is 75.4 cm³/mol. The lowest BCUT2D eigenvalue weighted by molar-refractivity contribution is -0.148. The summed E-state index contributed by atoms with van der Waals surface area (Å²) >= 11 is 0. The zero-order chi connectivity index (χ0) is 15.6. The number of piperazine rings is 1. The molecule has 1 aromatic carbocycles. The lowest BCUT2D eigenvalue weighted by atomic mass is 9.92. The number of hydrogen-bond donors (Lipinski definition) is 2. The Morgan fingerprint density at radius 2 is 1.71 bits per heavy atom. The van der Waals surface area contributed by atoms with E-state index in [1.807, 2.05) is 4.90 Å². The van der Waals surface area contributed by atoms with E-state index in [0.717, 1.165) is 0 Å². The van der Waals surface area contributed by atoms with Crippen molar-refractivity contribution in [3.05, 3.63) is 28.8 Å². The van der Waals surface area contributed by atoms with Crippen molar-refractivity contribution in [2.75, 3.05) is 26.2 Å². The Labute approximate surface area is 122 Å². The average molecular weight is 302 g/mol. The molecule has 6 heteroatoms. The topological polar surface area (TPSA) is 35.5 Å². The maximum atomic E-state index is 13.0. The third-order valence-corrected chi connectivity index (χ3v) is 3.93. The van der Waals surface area contributed by atoms with E-state index >= 15 is 0 Å². The molecule has 1 atom stereocenters. The molecule has 0 bridgehead atoms. The average Bonchev–Trinajstić information content (AvgIpc) is 2.36. The number of hydrogen-bond acceptors (Lipinski definition) is 3. The molecule has 0 radical (unpaired) electrons. The van der Waals surface area contributed by atoms with Gasteiger partial charge in [0.1, 0.15) is 5.75 Å². The molecule has 3 nitrogen and oxygen atoms in total. The molecule has 118 valence electrons. The quantitative estimate of drug-likeness (QED) is 0.901. The number of rotatable bonds is 3. The molecule has 1 aliphatic rings. The third-order valence-electron chi connectivity index (χ3n) is 3.93. The van der Waals surface area contributed by atoms with Gasteiger partial charge < -0.3 is 10.4 Å². The van der Waals surface area contributed by atoms with Crippen LogP contribution < -0.4 is 5.32 Å². The fourth-order valence-corrected chi connectivity index (χ4v) is 3.10. The maximum Gasteiger partial charge on any atom is 0.390 e. The van der Waals surface area contributed by atoms with Crippen molar-refractivity contribution in [3.8, 4) is 5.75 Å². The summed E-state index contributed by atoms with van der Waals surface area (Å²) in [6, 6.07) is 2.38. The van der Waals surface area contributed by atoms with Crippen LogP contribution in [0.15, 0.2) is 12.1 Å². The molecule has 2 N–H and O–H groups in total. The van der Waals surface area contributed by atoms with E-state index in [1.165, 1.54) is 12.1 Å². The van der Waals surface area contributed by atoms with Gasteiger partial charge in [-0.3, -0.25) is 4.90 Å². The number of halogens is 3. The minimum atomic E-state index is -4.22. The Hall–Kier alpha value is -1.27. The zero-order valence-corrected chi connectivity index (χ0v) is 12.3. The number of benzene rings is 1. The molecule has 0 aliphatic carbocycles. The smallest absolute Gasteiger partial charge is 0.390 e. The summed E-state index contributed by atoms with van der Waals surface area (Å²) in [6.45, 7) is 6.11. The molecule has 0 saturated carbocycles. The largest absolute Gasteiger partial charge is 0.508 e. The first-order chi connectivity index (χ1) is 9.78. The summed E-state index contributed by atoms with van der Waals surface area (Å²) in [5.41, 5.74) is 2.10. The SMILES string of the molecule is Cc1cc(O)cc(C)c1[C@@H](CC(F)(F)F)N1CCNCC1. The van der Waals surface area contributed by atoms with Crippen LogP contribution in [-0.2, 0) is 0 Å². The number of aryl methyl sites for hydroxylation is 2. The summed E-state index contributed by atoms with van der Waals surface area (Å²) in [5.74, 6) is 0.0971. The predicted octanol–water partition coefficient (Wildman–Crippen LogP) is 2.91. The van der Waals surface area contributed by atoms with Crippen LogP contribution in [0.1, 0.15) is 29.2 Å². The van der Waals surface area contributed by atoms with Crippen LogP contribution in [0.25, 0.3) is 0 Å². The fourth-order valence-electron chi connectivity index (χ4n) is 3.10. The summed E-state index contributed by atoms with van der Waals surface area (Å²) in [4.78, 5) is 1.89. The lowest BCUT2D eigenvalue weighted by Gasteiger charge is -2.37. The normalized spacial score (nSPS) is 18.7. The highest BCUT2D eigenvalue weighted by Gasteiger charge is 2.37. The standard InChI is InChI=1S/C15H21F3N2O/c1-10-7-12(21)8-11(2)14(10)13(9-15(16,17)18)20-5-3-19-4-6-20/h7-8,13,19,21H,3-6,9H2,1-2H3/t13-/m1/s1. The van der Waals surface area contributed by atoms with Crippen LogP contribution in [0, 0.1) is 13.8 Å². The molecule has 1 fully saturated rings. The van der Waals surface area contributed by atoms with E-state index in [4.69, 9.17) is 0 Å². The van der Waals surface area contributed by atoms with Gasteiger partial charge in [0.2, 0.25) is 0 Å². The Bertz CT molecular complexity index is 473. The van der Waals surface area contributed by atoms with E-state index in [-0.39, 0.29) is 5.75 Å². The Morgan fingerprint density at radius 3 is 2.19 bits per heavy atom. The van der Waals surface area contributed by atoms with Crippen LogP contribution in [0.4, 0.5) is 13.2 Å². The minimum absolute atomic E-state index is 0.0971. The lowest BCUT2D eigenvalue weighted by Crippen LogP contribution is -2.46. The van der Waals surface area contributed by atoms with Gasteiger partial charge >= 0.3 is 6.18 Å². The summed E-state index contributed by atoms with van der Waals surface area (Å²) in [7, 11) is 0. The molecule has 0 amide bonds. The highest BCUT2D eigenvalue weighted by molar-refractivity contribution is 5.42. The van der Waals surface area contributed by atoms with E-state index in [9.17, 15) is 18.3 Å². The summed E-state index contributed by atoms with van der Waals surface area (Å²) in [5, 5.41) is 12.8. The molecule has 21 heavy (non-hydrogen) atoms. The van der Waals surface area contributed by atoms with Gasteiger partial charge in [-0.2, -0.15) is 13.2 Å².